The lowest BCUT2D eigenvalue weighted by molar-refractivity contribution is -0.121. The largest absolute Gasteiger partial charge is 0.377 e. The van der Waals surface area contributed by atoms with Gasteiger partial charge in [0.2, 0.25) is 5.91 Å². The fourth-order valence-electron chi connectivity index (χ4n) is 3.64. The van der Waals surface area contributed by atoms with Crippen LogP contribution in [0.15, 0.2) is 42.5 Å². The van der Waals surface area contributed by atoms with Crippen molar-refractivity contribution in [2.45, 2.75) is 58.6 Å². The van der Waals surface area contributed by atoms with Crippen molar-refractivity contribution in [3.8, 4) is 0 Å². The molecule has 0 atom stereocenters. The summed E-state index contributed by atoms with van der Waals surface area (Å²) >= 11 is 0. The van der Waals surface area contributed by atoms with Crippen LogP contribution in [-0.4, -0.2) is 18.3 Å². The third-order valence-corrected chi connectivity index (χ3v) is 5.31. The number of ether oxygens (including phenoxy) is 1. The molecule has 0 bridgehead atoms. The minimum Gasteiger partial charge on any atom is -0.377 e. The van der Waals surface area contributed by atoms with Gasteiger partial charge in [0.15, 0.2) is 5.78 Å². The highest BCUT2D eigenvalue weighted by molar-refractivity contribution is 5.98. The zero-order valence-electron chi connectivity index (χ0n) is 16.6. The van der Waals surface area contributed by atoms with Gasteiger partial charge in [0.25, 0.3) is 0 Å². The number of hydrogen-bond acceptors (Lipinski definition) is 3. The van der Waals surface area contributed by atoms with E-state index in [1.807, 2.05) is 43.3 Å². The summed E-state index contributed by atoms with van der Waals surface area (Å²) in [4.78, 5) is 24.7. The van der Waals surface area contributed by atoms with E-state index in [0.29, 0.717) is 19.8 Å². The number of rotatable bonds is 9. The molecule has 148 valence electrons. The molecule has 0 unspecified atom stereocenters. The normalized spacial score (nSPS) is 13.0. The maximum atomic E-state index is 12.5. The van der Waals surface area contributed by atoms with Gasteiger partial charge < -0.3 is 10.1 Å². The molecule has 0 heterocycles. The molecular weight excluding hydrogens is 350 g/mol. The fraction of sp³-hybridized carbons (Fsp3) is 0.417. The van der Waals surface area contributed by atoms with E-state index < -0.39 is 0 Å². The number of Topliss-reactive ketones (excluding diaryl/α,β-unsaturated/α-hetero) is 1. The Labute approximate surface area is 167 Å². The highest BCUT2D eigenvalue weighted by atomic mass is 16.5. The molecule has 0 aromatic heterocycles. The van der Waals surface area contributed by atoms with Gasteiger partial charge in [-0.3, -0.25) is 9.59 Å². The molecule has 4 nitrogen and oxygen atoms in total. The lowest BCUT2D eigenvalue weighted by Crippen LogP contribution is -2.24. The summed E-state index contributed by atoms with van der Waals surface area (Å²) in [5, 5.41) is 2.93. The van der Waals surface area contributed by atoms with Crippen LogP contribution in [0.25, 0.3) is 0 Å². The van der Waals surface area contributed by atoms with E-state index in [1.165, 1.54) is 24.0 Å². The molecule has 4 heteroatoms. The molecule has 0 saturated carbocycles. The molecule has 3 rings (SSSR count). The number of aryl methyl sites for hydroxylation is 2. The zero-order valence-corrected chi connectivity index (χ0v) is 16.6. The van der Waals surface area contributed by atoms with Gasteiger partial charge in [0, 0.05) is 31.6 Å². The Balaban J connectivity index is 1.49. The van der Waals surface area contributed by atoms with E-state index in [9.17, 15) is 9.59 Å². The van der Waals surface area contributed by atoms with Gasteiger partial charge in [0.05, 0.1) is 6.61 Å². The van der Waals surface area contributed by atoms with Crippen LogP contribution in [0.5, 0.6) is 0 Å². The lowest BCUT2D eigenvalue weighted by Gasteiger charge is -2.16. The molecule has 0 fully saturated rings. The van der Waals surface area contributed by atoms with Gasteiger partial charge in [-0.25, -0.2) is 0 Å². The number of hydrogen-bond donors (Lipinski definition) is 1. The number of carbonyl (C=O) groups excluding carboxylic acids is 2. The molecule has 0 spiro atoms. The minimum atomic E-state index is -0.0995. The van der Waals surface area contributed by atoms with Crippen LogP contribution in [0.2, 0.25) is 0 Å². The second-order valence-electron chi connectivity index (χ2n) is 7.30. The maximum absolute atomic E-state index is 12.5. The molecule has 1 aliphatic carbocycles. The summed E-state index contributed by atoms with van der Waals surface area (Å²) in [5.74, 6) is -0.0576. The monoisotopic (exact) mass is 379 g/mol. The van der Waals surface area contributed by atoms with Crippen molar-refractivity contribution in [3.05, 3.63) is 70.3 Å². The van der Waals surface area contributed by atoms with Gasteiger partial charge in [-0.2, -0.15) is 0 Å². The molecule has 0 saturated heterocycles. The fourth-order valence-corrected chi connectivity index (χ4v) is 3.64. The van der Waals surface area contributed by atoms with Crippen molar-refractivity contribution < 1.29 is 14.3 Å². The second kappa shape index (κ2) is 10.2. The predicted molar refractivity (Wildman–Crippen MR) is 110 cm³/mol. The van der Waals surface area contributed by atoms with Crippen LogP contribution in [-0.2, 0) is 35.5 Å². The Morgan fingerprint density at radius 3 is 2.50 bits per heavy atom. The van der Waals surface area contributed by atoms with Crippen molar-refractivity contribution >= 4 is 11.7 Å². The molecule has 1 amide bonds. The van der Waals surface area contributed by atoms with Crippen LogP contribution < -0.4 is 5.32 Å². The van der Waals surface area contributed by atoms with Crippen molar-refractivity contribution in [1.82, 2.24) is 5.32 Å². The molecule has 2 aromatic rings. The third kappa shape index (κ3) is 5.52. The first kappa shape index (κ1) is 20.3. The van der Waals surface area contributed by atoms with Crippen molar-refractivity contribution in [1.29, 1.82) is 0 Å². The van der Waals surface area contributed by atoms with Crippen LogP contribution >= 0.6 is 0 Å². The van der Waals surface area contributed by atoms with E-state index in [1.54, 1.807) is 0 Å². The van der Waals surface area contributed by atoms with Crippen molar-refractivity contribution in [2.75, 3.05) is 6.61 Å². The molecule has 0 aliphatic heterocycles. The summed E-state index contributed by atoms with van der Waals surface area (Å²) in [6, 6.07) is 13.9. The summed E-state index contributed by atoms with van der Waals surface area (Å²) in [6.45, 7) is 3.62. The summed E-state index contributed by atoms with van der Waals surface area (Å²) in [7, 11) is 0. The van der Waals surface area contributed by atoms with E-state index in [4.69, 9.17) is 4.74 Å². The van der Waals surface area contributed by atoms with Gasteiger partial charge in [-0.05, 0) is 60.9 Å². The van der Waals surface area contributed by atoms with E-state index in [2.05, 4.69) is 11.4 Å². The Kier molecular flexibility index (Phi) is 7.38. The van der Waals surface area contributed by atoms with Gasteiger partial charge >= 0.3 is 0 Å². The summed E-state index contributed by atoms with van der Waals surface area (Å²) in [6.07, 6.45) is 5.04. The Bertz CT molecular complexity index is 828. The summed E-state index contributed by atoms with van der Waals surface area (Å²) in [5.41, 5.74) is 5.52. The quantitative estimate of drug-likeness (QED) is 0.658. The highest BCUT2D eigenvalue weighted by Crippen LogP contribution is 2.23. The summed E-state index contributed by atoms with van der Waals surface area (Å²) < 4.78 is 5.48. The molecule has 2 aromatic carbocycles. The number of fused-ring (bicyclic) bond motifs is 1. The zero-order chi connectivity index (χ0) is 19.8. The molecule has 1 N–H and O–H groups in total. The standard InChI is InChI=1S/C24H29NO3/c1-2-28-17-22-10-6-5-9-21(22)16-25-24(27)14-13-23(26)20-12-11-18-7-3-4-8-19(18)15-20/h5-6,9-12,15H,2-4,7-8,13-14,16-17H2,1H3,(H,25,27). The SMILES string of the molecule is CCOCc1ccccc1CNC(=O)CCC(=O)c1ccc2c(c1)CCCC2. The topological polar surface area (TPSA) is 55.4 Å². The first-order valence-electron chi connectivity index (χ1n) is 10.2. The van der Waals surface area contributed by atoms with E-state index in [0.717, 1.165) is 29.5 Å². The number of nitrogens with one attached hydrogen (secondary N) is 1. The second-order valence-corrected chi connectivity index (χ2v) is 7.30. The van der Waals surface area contributed by atoms with Gasteiger partial charge in [0.1, 0.15) is 0 Å². The first-order valence-corrected chi connectivity index (χ1v) is 10.2. The number of benzene rings is 2. The van der Waals surface area contributed by atoms with Gasteiger partial charge in [-0.1, -0.05) is 36.4 Å². The van der Waals surface area contributed by atoms with Crippen LogP contribution in [0.1, 0.15) is 65.2 Å². The maximum Gasteiger partial charge on any atom is 0.220 e. The predicted octanol–water partition coefficient (Wildman–Crippen LogP) is 4.38. The number of carbonyl (C=O) groups is 2. The lowest BCUT2D eigenvalue weighted by atomic mass is 9.89. The van der Waals surface area contributed by atoms with Crippen LogP contribution in [0.3, 0.4) is 0 Å². The smallest absolute Gasteiger partial charge is 0.220 e. The number of amides is 1. The van der Waals surface area contributed by atoms with Gasteiger partial charge in [-0.15, -0.1) is 0 Å². The molecule has 1 aliphatic rings. The first-order chi connectivity index (χ1) is 13.7. The minimum absolute atomic E-state index is 0.0419. The number of ketones is 1. The Morgan fingerprint density at radius 2 is 1.71 bits per heavy atom. The van der Waals surface area contributed by atoms with Crippen molar-refractivity contribution in [2.24, 2.45) is 0 Å². The average molecular weight is 380 g/mol. The third-order valence-electron chi connectivity index (χ3n) is 5.31. The molecular formula is C24H29NO3. The highest BCUT2D eigenvalue weighted by Gasteiger charge is 2.14. The Hall–Kier alpha value is -2.46. The Morgan fingerprint density at radius 1 is 0.964 bits per heavy atom. The van der Waals surface area contributed by atoms with Crippen molar-refractivity contribution in [3.63, 3.8) is 0 Å². The molecule has 0 radical (unpaired) electrons. The van der Waals surface area contributed by atoms with Crippen LogP contribution in [0.4, 0.5) is 0 Å². The van der Waals surface area contributed by atoms with Crippen LogP contribution in [0, 0.1) is 0 Å². The van der Waals surface area contributed by atoms with E-state index >= 15 is 0 Å². The average Bonchev–Trinajstić information content (AvgIpc) is 2.74. The van der Waals surface area contributed by atoms with E-state index in [-0.39, 0.29) is 24.5 Å². The molecule has 28 heavy (non-hydrogen) atoms.